The van der Waals surface area contributed by atoms with Crippen molar-refractivity contribution in [2.75, 3.05) is 0 Å². The standard InChI is InChI=1S/C7H5F4NO2/c1-3-5(8)6(13)4(2-12-3)14-7(9,10)11/h2H,1H3,(H,12,13). The summed E-state index contributed by atoms with van der Waals surface area (Å²) < 4.78 is 51.0. The lowest BCUT2D eigenvalue weighted by Crippen LogP contribution is -2.23. The van der Waals surface area contributed by atoms with Crippen LogP contribution in [0.3, 0.4) is 0 Å². The van der Waals surface area contributed by atoms with Gasteiger partial charge in [-0.05, 0) is 6.92 Å². The third kappa shape index (κ3) is 2.24. The molecule has 0 spiro atoms. The van der Waals surface area contributed by atoms with Gasteiger partial charge in [0.2, 0.25) is 0 Å². The first kappa shape index (κ1) is 10.6. The zero-order valence-electron chi connectivity index (χ0n) is 6.91. The van der Waals surface area contributed by atoms with Gasteiger partial charge in [0.05, 0.1) is 5.69 Å². The van der Waals surface area contributed by atoms with Crippen molar-refractivity contribution >= 4 is 0 Å². The van der Waals surface area contributed by atoms with E-state index in [-0.39, 0.29) is 5.69 Å². The summed E-state index contributed by atoms with van der Waals surface area (Å²) in [5.41, 5.74) is -1.57. The Hall–Kier alpha value is -1.53. The van der Waals surface area contributed by atoms with Gasteiger partial charge < -0.3 is 9.72 Å². The van der Waals surface area contributed by atoms with E-state index in [1.807, 2.05) is 0 Å². The molecule has 1 aromatic rings. The molecule has 7 heteroatoms. The fourth-order valence-electron chi connectivity index (χ4n) is 0.782. The van der Waals surface area contributed by atoms with Crippen LogP contribution in [0.5, 0.6) is 5.75 Å². The molecule has 1 heterocycles. The Morgan fingerprint density at radius 2 is 2.00 bits per heavy atom. The van der Waals surface area contributed by atoms with E-state index in [4.69, 9.17) is 0 Å². The first-order chi connectivity index (χ1) is 6.31. The first-order valence-corrected chi connectivity index (χ1v) is 3.45. The SMILES string of the molecule is Cc1[nH]cc(OC(F)(F)F)c(=O)c1F. The molecule has 0 radical (unpaired) electrons. The van der Waals surface area contributed by atoms with E-state index >= 15 is 0 Å². The lowest BCUT2D eigenvalue weighted by atomic mass is 10.3. The molecule has 0 aliphatic heterocycles. The number of nitrogens with one attached hydrogen (secondary N) is 1. The molecule has 78 valence electrons. The monoisotopic (exact) mass is 211 g/mol. The van der Waals surface area contributed by atoms with Gasteiger partial charge in [-0.3, -0.25) is 4.79 Å². The molecule has 3 nitrogen and oxygen atoms in total. The number of H-pyrrole nitrogens is 1. The van der Waals surface area contributed by atoms with Gasteiger partial charge in [0.15, 0.2) is 11.6 Å². The van der Waals surface area contributed by atoms with Crippen molar-refractivity contribution < 1.29 is 22.3 Å². The summed E-state index contributed by atoms with van der Waals surface area (Å²) >= 11 is 0. The van der Waals surface area contributed by atoms with Crippen LogP contribution in [-0.4, -0.2) is 11.3 Å². The molecule has 0 aliphatic rings. The van der Waals surface area contributed by atoms with Crippen LogP contribution in [0.1, 0.15) is 5.69 Å². The number of aromatic amines is 1. The van der Waals surface area contributed by atoms with Crippen LogP contribution in [-0.2, 0) is 0 Å². The molecule has 0 fully saturated rings. The van der Waals surface area contributed by atoms with Crippen molar-refractivity contribution in [3.63, 3.8) is 0 Å². The van der Waals surface area contributed by atoms with Crippen LogP contribution >= 0.6 is 0 Å². The highest BCUT2D eigenvalue weighted by molar-refractivity contribution is 5.21. The smallest absolute Gasteiger partial charge is 0.400 e. The Labute approximate surface area is 75.3 Å². The van der Waals surface area contributed by atoms with Gasteiger partial charge in [0.1, 0.15) is 0 Å². The van der Waals surface area contributed by atoms with Crippen molar-refractivity contribution in [2.24, 2.45) is 0 Å². The van der Waals surface area contributed by atoms with Gasteiger partial charge in [0.25, 0.3) is 5.43 Å². The van der Waals surface area contributed by atoms with Crippen LogP contribution < -0.4 is 10.2 Å². The molecule has 1 rings (SSSR count). The lowest BCUT2D eigenvalue weighted by molar-refractivity contribution is -0.275. The maximum Gasteiger partial charge on any atom is 0.573 e. The molecule has 0 saturated carbocycles. The minimum absolute atomic E-state index is 0.149. The van der Waals surface area contributed by atoms with Gasteiger partial charge in [-0.15, -0.1) is 13.2 Å². The Kier molecular flexibility index (Phi) is 2.50. The summed E-state index contributed by atoms with van der Waals surface area (Å²) in [7, 11) is 0. The number of hydrogen-bond acceptors (Lipinski definition) is 2. The second-order valence-electron chi connectivity index (χ2n) is 2.47. The van der Waals surface area contributed by atoms with Crippen LogP contribution in [0.15, 0.2) is 11.0 Å². The summed E-state index contributed by atoms with van der Waals surface area (Å²) in [5.74, 6) is -2.40. The van der Waals surface area contributed by atoms with E-state index in [0.29, 0.717) is 6.20 Å². The number of halogens is 4. The van der Waals surface area contributed by atoms with E-state index in [0.717, 1.165) is 0 Å². The molecule has 0 bridgehead atoms. The van der Waals surface area contributed by atoms with E-state index in [9.17, 15) is 22.4 Å². The number of hydrogen-bond donors (Lipinski definition) is 1. The second kappa shape index (κ2) is 3.32. The summed E-state index contributed by atoms with van der Waals surface area (Å²) in [5, 5.41) is 0. The second-order valence-corrected chi connectivity index (χ2v) is 2.47. The normalized spacial score (nSPS) is 11.5. The number of rotatable bonds is 1. The number of alkyl halides is 3. The fraction of sp³-hybridized carbons (Fsp3) is 0.286. The van der Waals surface area contributed by atoms with Crippen molar-refractivity contribution in [2.45, 2.75) is 13.3 Å². The van der Waals surface area contributed by atoms with Crippen LogP contribution in [0.25, 0.3) is 0 Å². The molecular weight excluding hydrogens is 206 g/mol. The fourth-order valence-corrected chi connectivity index (χ4v) is 0.782. The lowest BCUT2D eigenvalue weighted by Gasteiger charge is -2.08. The molecule has 0 unspecified atom stereocenters. The number of pyridine rings is 1. The number of ether oxygens (including phenoxy) is 1. The highest BCUT2D eigenvalue weighted by Crippen LogP contribution is 2.19. The summed E-state index contributed by atoms with van der Waals surface area (Å²) in [6.07, 6.45) is -4.34. The molecule has 0 saturated heterocycles. The first-order valence-electron chi connectivity index (χ1n) is 3.45. The summed E-state index contributed by atoms with van der Waals surface area (Å²) in [6, 6.07) is 0. The number of aryl methyl sites for hydroxylation is 1. The van der Waals surface area contributed by atoms with Gasteiger partial charge in [0, 0.05) is 6.20 Å². The summed E-state index contributed by atoms with van der Waals surface area (Å²) in [6.45, 7) is 1.22. The molecule has 1 N–H and O–H groups in total. The predicted octanol–water partition coefficient (Wildman–Crippen LogP) is 1.72. The van der Waals surface area contributed by atoms with Crippen LogP contribution in [0.2, 0.25) is 0 Å². The molecule has 14 heavy (non-hydrogen) atoms. The minimum atomic E-state index is -5.01. The zero-order valence-corrected chi connectivity index (χ0v) is 6.91. The van der Waals surface area contributed by atoms with Crippen molar-refractivity contribution in [1.82, 2.24) is 4.98 Å². The van der Waals surface area contributed by atoms with Gasteiger partial charge in [-0.25, -0.2) is 4.39 Å². The van der Waals surface area contributed by atoms with E-state index in [1.54, 1.807) is 0 Å². The third-order valence-corrected chi connectivity index (χ3v) is 1.40. The van der Waals surface area contributed by atoms with Gasteiger partial charge in [-0.2, -0.15) is 0 Å². The molecule has 0 aliphatic carbocycles. The van der Waals surface area contributed by atoms with Gasteiger partial charge in [-0.1, -0.05) is 0 Å². The van der Waals surface area contributed by atoms with Crippen molar-refractivity contribution in [1.29, 1.82) is 0 Å². The molecule has 0 aromatic carbocycles. The highest BCUT2D eigenvalue weighted by Gasteiger charge is 2.32. The molecular formula is C7H5F4NO2. The Bertz CT molecular complexity index is 396. The van der Waals surface area contributed by atoms with E-state index in [1.165, 1.54) is 6.92 Å². The maximum absolute atomic E-state index is 12.8. The summed E-state index contributed by atoms with van der Waals surface area (Å²) in [4.78, 5) is 13.0. The third-order valence-electron chi connectivity index (χ3n) is 1.40. The zero-order chi connectivity index (χ0) is 10.9. The van der Waals surface area contributed by atoms with Crippen molar-refractivity contribution in [3.8, 4) is 5.75 Å². The van der Waals surface area contributed by atoms with Gasteiger partial charge >= 0.3 is 6.36 Å². The van der Waals surface area contributed by atoms with Crippen molar-refractivity contribution in [3.05, 3.63) is 27.9 Å². The Morgan fingerprint density at radius 1 is 1.43 bits per heavy atom. The topological polar surface area (TPSA) is 42.1 Å². The average molecular weight is 211 g/mol. The molecule has 0 atom stereocenters. The van der Waals surface area contributed by atoms with Crippen LogP contribution in [0.4, 0.5) is 17.6 Å². The minimum Gasteiger partial charge on any atom is -0.400 e. The maximum atomic E-state index is 12.8. The van der Waals surface area contributed by atoms with E-state index in [2.05, 4.69) is 9.72 Å². The number of aromatic nitrogens is 1. The Balaban J connectivity index is 3.13. The highest BCUT2D eigenvalue weighted by atomic mass is 19.4. The largest absolute Gasteiger partial charge is 0.573 e. The predicted molar refractivity (Wildman–Crippen MR) is 38.4 cm³/mol. The molecule has 1 aromatic heterocycles. The quantitative estimate of drug-likeness (QED) is 0.718. The average Bonchev–Trinajstić information content (AvgIpc) is 2.04. The Morgan fingerprint density at radius 3 is 2.50 bits per heavy atom. The van der Waals surface area contributed by atoms with E-state index < -0.39 is 23.4 Å². The van der Waals surface area contributed by atoms with Crippen LogP contribution in [0, 0.1) is 12.7 Å². The molecule has 0 amide bonds.